The predicted molar refractivity (Wildman–Crippen MR) is 133 cm³/mol. The topological polar surface area (TPSA) is 96.3 Å². The van der Waals surface area contributed by atoms with Gasteiger partial charge in [-0.15, -0.1) is 0 Å². The van der Waals surface area contributed by atoms with Crippen LogP contribution in [-0.4, -0.2) is 45.6 Å². The fourth-order valence-corrected chi connectivity index (χ4v) is 5.65. The Hall–Kier alpha value is -3.68. The van der Waals surface area contributed by atoms with E-state index in [0.717, 1.165) is 18.2 Å². The molecule has 3 aromatic rings. The summed E-state index contributed by atoms with van der Waals surface area (Å²) in [7, 11) is 0. The zero-order valence-electron chi connectivity index (χ0n) is 20.6. The Morgan fingerprint density at radius 1 is 1.09 bits per heavy atom. The second kappa shape index (κ2) is 8.52. The lowest BCUT2D eigenvalue weighted by Gasteiger charge is -2.33. The van der Waals surface area contributed by atoms with Gasteiger partial charge >= 0.3 is 6.03 Å². The number of imide groups is 1. The van der Waals surface area contributed by atoms with E-state index in [1.807, 2.05) is 24.9 Å². The summed E-state index contributed by atoms with van der Waals surface area (Å²) in [5.41, 5.74) is 3.76. The van der Waals surface area contributed by atoms with Gasteiger partial charge in [-0.3, -0.25) is 19.6 Å². The van der Waals surface area contributed by atoms with Crippen molar-refractivity contribution in [2.24, 2.45) is 5.92 Å². The summed E-state index contributed by atoms with van der Waals surface area (Å²) < 4.78 is 2.13. The SMILES string of the molecule is Cc1cc(C)c2c(cnn2C2CCN(C(=O)c3ccc([C@@]4(C(C)C)NC(=O)NC4=O)cc3)CC2)c1. The number of fused-ring (bicyclic) bond motifs is 1. The molecule has 3 heterocycles. The molecular weight excluding hydrogens is 442 g/mol. The monoisotopic (exact) mass is 473 g/mol. The average molecular weight is 474 g/mol. The van der Waals surface area contributed by atoms with Gasteiger partial charge in [0.1, 0.15) is 5.54 Å². The Bertz CT molecular complexity index is 1320. The molecular formula is C27H31N5O3. The fourth-order valence-electron chi connectivity index (χ4n) is 5.65. The van der Waals surface area contributed by atoms with E-state index in [1.165, 1.54) is 16.6 Å². The first-order valence-corrected chi connectivity index (χ1v) is 12.2. The van der Waals surface area contributed by atoms with E-state index < -0.39 is 11.6 Å². The van der Waals surface area contributed by atoms with Crippen molar-refractivity contribution in [1.82, 2.24) is 25.3 Å². The normalized spacial score (nSPS) is 21.0. The number of carbonyl (C=O) groups excluding carboxylic acids is 3. The summed E-state index contributed by atoms with van der Waals surface area (Å²) in [6.07, 6.45) is 3.62. The first-order valence-electron chi connectivity index (χ1n) is 12.2. The van der Waals surface area contributed by atoms with E-state index in [1.54, 1.807) is 24.3 Å². The molecule has 2 aliphatic rings. The summed E-state index contributed by atoms with van der Waals surface area (Å²) in [6, 6.07) is 11.2. The van der Waals surface area contributed by atoms with Gasteiger partial charge in [0.15, 0.2) is 0 Å². The van der Waals surface area contributed by atoms with Crippen LogP contribution in [0.25, 0.3) is 10.9 Å². The number of nitrogens with one attached hydrogen (secondary N) is 2. The Labute approximate surface area is 204 Å². The number of piperidine rings is 1. The van der Waals surface area contributed by atoms with E-state index in [9.17, 15) is 14.4 Å². The molecule has 0 radical (unpaired) electrons. The van der Waals surface area contributed by atoms with E-state index in [2.05, 4.69) is 46.4 Å². The summed E-state index contributed by atoms with van der Waals surface area (Å²) in [5, 5.41) is 11.0. The second-order valence-electron chi connectivity index (χ2n) is 10.1. The minimum atomic E-state index is -1.12. The molecule has 2 fully saturated rings. The van der Waals surface area contributed by atoms with Gasteiger partial charge < -0.3 is 10.2 Å². The predicted octanol–water partition coefficient (Wildman–Crippen LogP) is 3.82. The standard InChI is InChI=1S/C27H31N5O3/c1-16(2)27(25(34)29-26(35)30-27)21-7-5-19(6-8-21)24(33)31-11-9-22(10-12-31)32-23-18(4)13-17(3)14-20(23)15-28-32/h5-8,13-16,22H,9-12H2,1-4H3,(H2,29,30,34,35)/t27-/m1/s1. The molecule has 8 heteroatoms. The number of hydrogen-bond donors (Lipinski definition) is 2. The van der Waals surface area contributed by atoms with E-state index in [-0.39, 0.29) is 23.8 Å². The first kappa shape index (κ1) is 23.1. The van der Waals surface area contributed by atoms with Crippen molar-refractivity contribution < 1.29 is 14.4 Å². The fraction of sp³-hybridized carbons (Fsp3) is 0.407. The van der Waals surface area contributed by atoms with Crippen LogP contribution in [0.15, 0.2) is 42.6 Å². The van der Waals surface area contributed by atoms with Gasteiger partial charge in [0.2, 0.25) is 0 Å². The van der Waals surface area contributed by atoms with Crippen LogP contribution in [0.4, 0.5) is 4.79 Å². The molecule has 5 rings (SSSR count). The van der Waals surface area contributed by atoms with Crippen molar-refractivity contribution in [1.29, 1.82) is 0 Å². The van der Waals surface area contributed by atoms with Crippen LogP contribution < -0.4 is 10.6 Å². The van der Waals surface area contributed by atoms with Crippen LogP contribution in [0.1, 0.15) is 59.8 Å². The zero-order valence-corrected chi connectivity index (χ0v) is 20.6. The smallest absolute Gasteiger partial charge is 0.322 e. The molecule has 0 unspecified atom stereocenters. The number of benzene rings is 2. The van der Waals surface area contributed by atoms with Crippen molar-refractivity contribution in [3.05, 3.63) is 64.8 Å². The third-order valence-electron chi connectivity index (χ3n) is 7.47. The summed E-state index contributed by atoms with van der Waals surface area (Å²) in [5.74, 6) is -0.540. The van der Waals surface area contributed by atoms with Gasteiger partial charge in [0.05, 0.1) is 17.8 Å². The maximum Gasteiger partial charge on any atom is 0.322 e. The van der Waals surface area contributed by atoms with E-state index in [0.29, 0.717) is 24.2 Å². The van der Waals surface area contributed by atoms with Crippen molar-refractivity contribution in [2.45, 2.75) is 52.1 Å². The number of likely N-dealkylation sites (tertiary alicyclic amines) is 1. The van der Waals surface area contributed by atoms with Crippen molar-refractivity contribution in [3.63, 3.8) is 0 Å². The average Bonchev–Trinajstić information content (AvgIpc) is 3.39. The number of hydrogen-bond acceptors (Lipinski definition) is 4. The third-order valence-corrected chi connectivity index (χ3v) is 7.47. The summed E-state index contributed by atoms with van der Waals surface area (Å²) in [6.45, 7) is 9.32. The molecule has 8 nitrogen and oxygen atoms in total. The highest BCUT2D eigenvalue weighted by atomic mass is 16.2. The molecule has 0 saturated carbocycles. The number of nitrogens with zero attached hydrogens (tertiary/aromatic N) is 3. The van der Waals surface area contributed by atoms with Gasteiger partial charge in [0, 0.05) is 24.0 Å². The largest absolute Gasteiger partial charge is 0.338 e. The van der Waals surface area contributed by atoms with Gasteiger partial charge in [-0.1, -0.05) is 37.6 Å². The second-order valence-corrected chi connectivity index (χ2v) is 10.1. The van der Waals surface area contributed by atoms with Crippen LogP contribution in [0.3, 0.4) is 0 Å². The molecule has 2 aromatic carbocycles. The van der Waals surface area contributed by atoms with Gasteiger partial charge in [0.25, 0.3) is 11.8 Å². The Kier molecular flexibility index (Phi) is 5.62. The summed E-state index contributed by atoms with van der Waals surface area (Å²) >= 11 is 0. The van der Waals surface area contributed by atoms with Crippen LogP contribution in [0, 0.1) is 19.8 Å². The number of urea groups is 1. The van der Waals surface area contributed by atoms with Crippen LogP contribution in [-0.2, 0) is 10.3 Å². The number of rotatable bonds is 4. The van der Waals surface area contributed by atoms with Crippen LogP contribution >= 0.6 is 0 Å². The first-order chi connectivity index (χ1) is 16.7. The Morgan fingerprint density at radius 2 is 1.77 bits per heavy atom. The lowest BCUT2D eigenvalue weighted by atomic mass is 9.79. The van der Waals surface area contributed by atoms with Crippen LogP contribution in [0.2, 0.25) is 0 Å². The number of amides is 4. The minimum absolute atomic E-state index is 0.0226. The Morgan fingerprint density at radius 3 is 2.37 bits per heavy atom. The molecule has 2 aliphatic heterocycles. The minimum Gasteiger partial charge on any atom is -0.338 e. The summed E-state index contributed by atoms with van der Waals surface area (Å²) in [4.78, 5) is 39.5. The molecule has 1 aromatic heterocycles. The van der Waals surface area contributed by atoms with Crippen molar-refractivity contribution in [2.75, 3.05) is 13.1 Å². The number of aromatic nitrogens is 2. The van der Waals surface area contributed by atoms with Gasteiger partial charge in [-0.25, -0.2) is 4.79 Å². The highest BCUT2D eigenvalue weighted by molar-refractivity contribution is 6.07. The van der Waals surface area contributed by atoms with Gasteiger partial charge in [-0.05, 0) is 61.9 Å². The molecule has 1 atom stereocenters. The van der Waals surface area contributed by atoms with Crippen molar-refractivity contribution in [3.8, 4) is 0 Å². The molecule has 4 amide bonds. The highest BCUT2D eigenvalue weighted by Gasteiger charge is 2.50. The highest BCUT2D eigenvalue weighted by Crippen LogP contribution is 2.33. The maximum absolute atomic E-state index is 13.2. The maximum atomic E-state index is 13.2. The van der Waals surface area contributed by atoms with E-state index >= 15 is 0 Å². The molecule has 35 heavy (non-hydrogen) atoms. The Balaban J connectivity index is 1.30. The number of aryl methyl sites for hydroxylation is 2. The number of carbonyl (C=O) groups is 3. The molecule has 2 N–H and O–H groups in total. The molecule has 0 spiro atoms. The van der Waals surface area contributed by atoms with Crippen LogP contribution in [0.5, 0.6) is 0 Å². The quantitative estimate of drug-likeness (QED) is 0.563. The zero-order chi connectivity index (χ0) is 24.9. The third kappa shape index (κ3) is 3.77. The van der Waals surface area contributed by atoms with E-state index in [4.69, 9.17) is 0 Å². The lowest BCUT2D eigenvalue weighted by molar-refractivity contribution is -0.125. The van der Waals surface area contributed by atoms with Crippen molar-refractivity contribution >= 4 is 28.7 Å². The van der Waals surface area contributed by atoms with Gasteiger partial charge in [-0.2, -0.15) is 5.10 Å². The molecule has 0 bridgehead atoms. The molecule has 2 saturated heterocycles. The molecule has 0 aliphatic carbocycles. The molecule has 182 valence electrons. The lowest BCUT2D eigenvalue weighted by Crippen LogP contribution is -2.48.